The van der Waals surface area contributed by atoms with Crippen molar-refractivity contribution in [1.29, 1.82) is 0 Å². The molecule has 2 amide bonds. The second kappa shape index (κ2) is 5.76. The summed E-state index contributed by atoms with van der Waals surface area (Å²) in [6.07, 6.45) is 2.14. The molecular formula is C16H20N2O3. The molecule has 5 heteroatoms. The van der Waals surface area contributed by atoms with Gasteiger partial charge in [0.25, 0.3) is 0 Å². The summed E-state index contributed by atoms with van der Waals surface area (Å²) in [5.74, 6) is 0.980. The lowest BCUT2D eigenvalue weighted by Gasteiger charge is -2.25. The molecule has 2 saturated heterocycles. The van der Waals surface area contributed by atoms with E-state index in [1.807, 2.05) is 29.2 Å². The van der Waals surface area contributed by atoms with Crippen LogP contribution in [0.15, 0.2) is 24.3 Å². The summed E-state index contributed by atoms with van der Waals surface area (Å²) in [6, 6.07) is 7.48. The van der Waals surface area contributed by atoms with E-state index in [0.29, 0.717) is 19.5 Å². The van der Waals surface area contributed by atoms with Crippen molar-refractivity contribution in [1.82, 2.24) is 9.80 Å². The number of methoxy groups -OCH3 is 1. The predicted molar refractivity (Wildman–Crippen MR) is 77.8 cm³/mol. The Balaban J connectivity index is 1.78. The van der Waals surface area contributed by atoms with Gasteiger partial charge in [-0.3, -0.25) is 9.59 Å². The van der Waals surface area contributed by atoms with E-state index in [1.54, 1.807) is 12.0 Å². The fraction of sp³-hybridized carbons (Fsp3) is 0.500. The Morgan fingerprint density at radius 2 is 2.14 bits per heavy atom. The molecule has 0 spiro atoms. The Hall–Kier alpha value is -2.04. The summed E-state index contributed by atoms with van der Waals surface area (Å²) in [5.41, 5.74) is 1.03. The van der Waals surface area contributed by atoms with Gasteiger partial charge in [-0.1, -0.05) is 12.1 Å². The summed E-state index contributed by atoms with van der Waals surface area (Å²) in [7, 11) is 1.63. The van der Waals surface area contributed by atoms with Crippen LogP contribution in [-0.2, 0) is 16.1 Å². The Morgan fingerprint density at radius 1 is 1.29 bits per heavy atom. The van der Waals surface area contributed by atoms with Crippen molar-refractivity contribution in [3.63, 3.8) is 0 Å². The second-order valence-electron chi connectivity index (χ2n) is 5.61. The third kappa shape index (κ3) is 2.73. The summed E-state index contributed by atoms with van der Waals surface area (Å²) in [5, 5.41) is 0. The third-order valence-electron chi connectivity index (χ3n) is 4.27. The van der Waals surface area contributed by atoms with Crippen LogP contribution < -0.4 is 4.74 Å². The van der Waals surface area contributed by atoms with E-state index in [-0.39, 0.29) is 17.9 Å². The average molecular weight is 288 g/mol. The van der Waals surface area contributed by atoms with Gasteiger partial charge in [-0.15, -0.1) is 0 Å². The zero-order valence-corrected chi connectivity index (χ0v) is 12.2. The number of rotatable bonds is 3. The second-order valence-corrected chi connectivity index (χ2v) is 5.61. The monoisotopic (exact) mass is 288 g/mol. The van der Waals surface area contributed by atoms with Gasteiger partial charge in [0.2, 0.25) is 11.8 Å². The lowest BCUT2D eigenvalue weighted by atomic mass is 10.1. The molecule has 5 nitrogen and oxygen atoms in total. The number of amides is 2. The van der Waals surface area contributed by atoms with E-state index in [0.717, 1.165) is 30.7 Å². The first-order valence-electron chi connectivity index (χ1n) is 7.40. The normalized spacial score (nSPS) is 22.2. The molecule has 0 bridgehead atoms. The first-order chi connectivity index (χ1) is 10.2. The maximum atomic E-state index is 12.6. The number of ether oxygens (including phenoxy) is 1. The van der Waals surface area contributed by atoms with Gasteiger partial charge in [-0.2, -0.15) is 0 Å². The third-order valence-corrected chi connectivity index (χ3v) is 4.27. The van der Waals surface area contributed by atoms with Crippen LogP contribution >= 0.6 is 0 Å². The summed E-state index contributed by atoms with van der Waals surface area (Å²) in [6.45, 7) is 1.76. The number of nitrogens with zero attached hydrogens (tertiary/aromatic N) is 2. The van der Waals surface area contributed by atoms with Crippen LogP contribution in [0.3, 0.4) is 0 Å². The number of hydrogen-bond acceptors (Lipinski definition) is 3. The maximum absolute atomic E-state index is 12.6. The van der Waals surface area contributed by atoms with Crippen molar-refractivity contribution in [2.75, 3.05) is 20.2 Å². The molecule has 2 aliphatic rings. The molecule has 2 fully saturated rings. The minimum Gasteiger partial charge on any atom is -0.497 e. The zero-order valence-electron chi connectivity index (χ0n) is 12.2. The van der Waals surface area contributed by atoms with Crippen LogP contribution in [0.5, 0.6) is 5.75 Å². The fourth-order valence-corrected chi connectivity index (χ4v) is 3.17. The molecule has 2 heterocycles. The molecule has 0 N–H and O–H groups in total. The van der Waals surface area contributed by atoms with Gasteiger partial charge in [0.1, 0.15) is 11.8 Å². The van der Waals surface area contributed by atoms with Crippen LogP contribution in [0, 0.1) is 0 Å². The van der Waals surface area contributed by atoms with Crippen molar-refractivity contribution in [3.05, 3.63) is 29.8 Å². The fourth-order valence-electron chi connectivity index (χ4n) is 3.17. The summed E-state index contributed by atoms with van der Waals surface area (Å²) >= 11 is 0. The lowest BCUT2D eigenvalue weighted by molar-refractivity contribution is -0.139. The Kier molecular flexibility index (Phi) is 3.82. The minimum absolute atomic E-state index is 0.0844. The molecule has 1 aromatic carbocycles. The van der Waals surface area contributed by atoms with Gasteiger partial charge in [0, 0.05) is 26.1 Å². The van der Waals surface area contributed by atoms with Crippen LogP contribution in [-0.4, -0.2) is 47.9 Å². The smallest absolute Gasteiger partial charge is 0.245 e. The summed E-state index contributed by atoms with van der Waals surface area (Å²) < 4.78 is 5.22. The predicted octanol–water partition coefficient (Wildman–Crippen LogP) is 1.42. The van der Waals surface area contributed by atoms with Crippen molar-refractivity contribution in [3.8, 4) is 5.75 Å². The standard InChI is InChI=1S/C16H20N2O3/c1-21-13-5-2-4-12(10-13)11-17-9-7-15(19)18-8-3-6-14(18)16(17)20/h2,4-5,10,14H,3,6-9,11H2,1H3. The average Bonchev–Trinajstić information content (AvgIpc) is 2.96. The van der Waals surface area contributed by atoms with E-state index in [2.05, 4.69) is 0 Å². The van der Waals surface area contributed by atoms with Crippen LogP contribution in [0.2, 0.25) is 0 Å². The largest absolute Gasteiger partial charge is 0.497 e. The highest BCUT2D eigenvalue weighted by atomic mass is 16.5. The van der Waals surface area contributed by atoms with Gasteiger partial charge in [-0.05, 0) is 30.5 Å². The van der Waals surface area contributed by atoms with Gasteiger partial charge >= 0.3 is 0 Å². The molecule has 1 aromatic rings. The lowest BCUT2D eigenvalue weighted by Crippen LogP contribution is -2.43. The molecule has 112 valence electrons. The topological polar surface area (TPSA) is 49.9 Å². The van der Waals surface area contributed by atoms with Gasteiger partial charge in [0.05, 0.1) is 7.11 Å². The van der Waals surface area contributed by atoms with E-state index >= 15 is 0 Å². The van der Waals surface area contributed by atoms with E-state index in [9.17, 15) is 9.59 Å². The minimum atomic E-state index is -0.245. The molecule has 1 unspecified atom stereocenters. The van der Waals surface area contributed by atoms with Gasteiger partial charge in [0.15, 0.2) is 0 Å². The molecule has 0 aliphatic carbocycles. The zero-order chi connectivity index (χ0) is 14.8. The van der Waals surface area contributed by atoms with Crippen molar-refractivity contribution in [2.24, 2.45) is 0 Å². The maximum Gasteiger partial charge on any atom is 0.245 e. The highest BCUT2D eigenvalue weighted by molar-refractivity contribution is 5.90. The number of carbonyl (C=O) groups excluding carboxylic acids is 2. The van der Waals surface area contributed by atoms with Crippen LogP contribution in [0.25, 0.3) is 0 Å². The highest BCUT2D eigenvalue weighted by Gasteiger charge is 2.39. The first kappa shape index (κ1) is 13.9. The Bertz CT molecular complexity index is 558. The van der Waals surface area contributed by atoms with Gasteiger partial charge < -0.3 is 14.5 Å². The molecule has 1 atom stereocenters. The molecule has 0 aromatic heterocycles. The highest BCUT2D eigenvalue weighted by Crippen LogP contribution is 2.24. The van der Waals surface area contributed by atoms with Crippen molar-refractivity contribution >= 4 is 11.8 Å². The number of hydrogen-bond donors (Lipinski definition) is 0. The molecular weight excluding hydrogens is 268 g/mol. The SMILES string of the molecule is COc1cccc(CN2CCC(=O)N3CCCC3C2=O)c1. The van der Waals surface area contributed by atoms with Gasteiger partial charge in [-0.25, -0.2) is 0 Å². The molecule has 0 saturated carbocycles. The van der Waals surface area contributed by atoms with Crippen LogP contribution in [0.1, 0.15) is 24.8 Å². The van der Waals surface area contributed by atoms with Crippen LogP contribution in [0.4, 0.5) is 0 Å². The molecule has 2 aliphatic heterocycles. The molecule has 3 rings (SSSR count). The van der Waals surface area contributed by atoms with E-state index in [4.69, 9.17) is 4.74 Å². The number of fused-ring (bicyclic) bond motifs is 1. The number of benzene rings is 1. The quantitative estimate of drug-likeness (QED) is 0.845. The first-order valence-corrected chi connectivity index (χ1v) is 7.40. The molecule has 0 radical (unpaired) electrons. The van der Waals surface area contributed by atoms with Crippen molar-refractivity contribution in [2.45, 2.75) is 31.8 Å². The molecule has 21 heavy (non-hydrogen) atoms. The van der Waals surface area contributed by atoms with Crippen molar-refractivity contribution < 1.29 is 14.3 Å². The number of carbonyl (C=O) groups is 2. The van der Waals surface area contributed by atoms with E-state index in [1.165, 1.54) is 0 Å². The van der Waals surface area contributed by atoms with E-state index < -0.39 is 0 Å². The Labute approximate surface area is 124 Å². The Morgan fingerprint density at radius 3 is 2.95 bits per heavy atom. The summed E-state index contributed by atoms with van der Waals surface area (Å²) in [4.78, 5) is 28.3.